The molecule has 4 N–H and O–H groups in total. The molecule has 0 aliphatic heterocycles. The van der Waals surface area contributed by atoms with Gasteiger partial charge in [-0.2, -0.15) is 0 Å². The van der Waals surface area contributed by atoms with Gasteiger partial charge in [0.15, 0.2) is 0 Å². The van der Waals surface area contributed by atoms with Crippen LogP contribution in [0.15, 0.2) is 0 Å². The number of nitrogens with two attached hydrogens (primary N) is 2. The fourth-order valence-electron chi connectivity index (χ4n) is 1.47. The summed E-state index contributed by atoms with van der Waals surface area (Å²) in [6, 6.07) is 0. The number of hydrogen-bond acceptors (Lipinski definition) is 2. The van der Waals surface area contributed by atoms with Crippen LogP contribution in [0.25, 0.3) is 0 Å². The molecule has 0 aromatic rings. The van der Waals surface area contributed by atoms with Crippen molar-refractivity contribution in [3.05, 3.63) is 0 Å². The minimum Gasteiger partial charge on any atom is -0.329 e. The number of hydrogen-bond donors (Lipinski definition) is 2. The van der Waals surface area contributed by atoms with Gasteiger partial charge in [-0.05, 0) is 12.8 Å². The van der Waals surface area contributed by atoms with E-state index < -0.39 is 9.87 Å². The van der Waals surface area contributed by atoms with E-state index in [0.717, 1.165) is 25.7 Å². The van der Waals surface area contributed by atoms with E-state index in [9.17, 15) is 0 Å². The second-order valence-corrected chi connectivity index (χ2v) is 4.76. The maximum absolute atomic E-state index is 6.04. The van der Waals surface area contributed by atoms with Crippen LogP contribution in [0.4, 0.5) is 0 Å². The number of halogens is 2. The van der Waals surface area contributed by atoms with Crippen LogP contribution < -0.4 is 11.5 Å². The molecule has 1 aliphatic rings. The van der Waals surface area contributed by atoms with Gasteiger partial charge in [0.1, 0.15) is 4.33 Å². The van der Waals surface area contributed by atoms with Crippen molar-refractivity contribution in [2.24, 2.45) is 11.5 Å². The van der Waals surface area contributed by atoms with Crippen molar-refractivity contribution in [2.45, 2.75) is 35.6 Å². The van der Waals surface area contributed by atoms with E-state index in [4.69, 9.17) is 34.7 Å². The predicted octanol–water partition coefficient (Wildman–Crippen LogP) is 1.39. The molecule has 1 saturated carbocycles. The first-order valence-corrected chi connectivity index (χ1v) is 4.64. The SMILES string of the molecule is NCC1(N)CCCCC1(Cl)Cl.[Pt]. The maximum atomic E-state index is 6.04. The summed E-state index contributed by atoms with van der Waals surface area (Å²) < 4.78 is -0.819. The molecule has 0 heterocycles. The molecule has 5 heteroatoms. The van der Waals surface area contributed by atoms with Crippen molar-refractivity contribution < 1.29 is 21.1 Å². The third kappa shape index (κ3) is 2.36. The molecule has 0 aromatic heterocycles. The van der Waals surface area contributed by atoms with Crippen LogP contribution in [0.2, 0.25) is 0 Å². The van der Waals surface area contributed by atoms with Crippen LogP contribution >= 0.6 is 23.2 Å². The Labute approximate surface area is 97.6 Å². The van der Waals surface area contributed by atoms with Crippen LogP contribution in [0.1, 0.15) is 25.7 Å². The van der Waals surface area contributed by atoms with E-state index in [2.05, 4.69) is 0 Å². The van der Waals surface area contributed by atoms with Crippen molar-refractivity contribution in [2.75, 3.05) is 6.54 Å². The largest absolute Gasteiger partial charge is 0.329 e. The fourth-order valence-corrected chi connectivity index (χ4v) is 2.08. The van der Waals surface area contributed by atoms with E-state index in [1.807, 2.05) is 0 Å². The molecular formula is C7H14Cl2N2Pt. The minimum absolute atomic E-state index is 0. The molecule has 0 saturated heterocycles. The molecule has 0 radical (unpaired) electrons. The molecular weight excluding hydrogens is 378 g/mol. The first-order valence-electron chi connectivity index (χ1n) is 3.89. The Morgan fingerprint density at radius 1 is 1.17 bits per heavy atom. The van der Waals surface area contributed by atoms with Gasteiger partial charge in [0.25, 0.3) is 0 Å². The van der Waals surface area contributed by atoms with Gasteiger partial charge in [-0.3, -0.25) is 0 Å². The zero-order chi connectivity index (χ0) is 8.54. The molecule has 0 aromatic carbocycles. The molecule has 12 heavy (non-hydrogen) atoms. The van der Waals surface area contributed by atoms with E-state index >= 15 is 0 Å². The Bertz CT molecular complexity index is 154. The van der Waals surface area contributed by atoms with Crippen molar-refractivity contribution >= 4 is 23.2 Å². The van der Waals surface area contributed by atoms with Crippen molar-refractivity contribution in [3.63, 3.8) is 0 Å². The average Bonchev–Trinajstić information content (AvgIpc) is 1.95. The Morgan fingerprint density at radius 3 is 2.00 bits per heavy atom. The molecule has 1 atom stereocenters. The van der Waals surface area contributed by atoms with Gasteiger partial charge < -0.3 is 11.5 Å². The normalized spacial score (nSPS) is 34.0. The minimum atomic E-state index is -0.819. The van der Waals surface area contributed by atoms with Gasteiger partial charge in [-0.25, -0.2) is 0 Å². The Balaban J connectivity index is 0.00000121. The van der Waals surface area contributed by atoms with Gasteiger partial charge in [-0.15, -0.1) is 0 Å². The summed E-state index contributed by atoms with van der Waals surface area (Å²) in [5.74, 6) is 0. The molecule has 2 nitrogen and oxygen atoms in total. The van der Waals surface area contributed by atoms with E-state index in [1.54, 1.807) is 0 Å². The Morgan fingerprint density at radius 2 is 1.67 bits per heavy atom. The summed E-state index contributed by atoms with van der Waals surface area (Å²) in [5, 5.41) is 0. The summed E-state index contributed by atoms with van der Waals surface area (Å²) in [7, 11) is 0. The molecule has 1 aliphatic carbocycles. The second-order valence-electron chi connectivity index (χ2n) is 3.27. The molecule has 0 spiro atoms. The van der Waals surface area contributed by atoms with Gasteiger partial charge in [-0.1, -0.05) is 36.0 Å². The van der Waals surface area contributed by atoms with Crippen molar-refractivity contribution in [1.29, 1.82) is 0 Å². The molecule has 0 bridgehead atoms. The maximum Gasteiger partial charge on any atom is 0.137 e. The standard InChI is InChI=1S/C7H14Cl2N2.Pt/c8-7(9)4-2-1-3-6(7,11)5-10;/h1-5,10-11H2;. The molecule has 76 valence electrons. The summed E-state index contributed by atoms with van der Waals surface area (Å²) >= 11 is 12.1. The van der Waals surface area contributed by atoms with Crippen LogP contribution in [0.5, 0.6) is 0 Å². The molecule has 0 amide bonds. The van der Waals surface area contributed by atoms with Crippen molar-refractivity contribution in [1.82, 2.24) is 0 Å². The quantitative estimate of drug-likeness (QED) is 0.663. The van der Waals surface area contributed by atoms with Crippen molar-refractivity contribution in [3.8, 4) is 0 Å². The second kappa shape index (κ2) is 4.61. The number of rotatable bonds is 1. The third-order valence-corrected chi connectivity index (χ3v) is 3.59. The molecule has 1 fully saturated rings. The summed E-state index contributed by atoms with van der Waals surface area (Å²) in [6.07, 6.45) is 3.71. The van der Waals surface area contributed by atoms with Crippen LogP contribution in [-0.4, -0.2) is 16.4 Å². The zero-order valence-corrected chi connectivity index (χ0v) is 10.5. The van der Waals surface area contributed by atoms with Gasteiger partial charge in [0.2, 0.25) is 0 Å². The van der Waals surface area contributed by atoms with E-state index in [-0.39, 0.29) is 21.1 Å². The van der Waals surface area contributed by atoms with Crippen LogP contribution in [-0.2, 0) is 21.1 Å². The van der Waals surface area contributed by atoms with Crippen LogP contribution in [0.3, 0.4) is 0 Å². The summed E-state index contributed by atoms with van der Waals surface area (Å²) in [6.45, 7) is 0.361. The first-order chi connectivity index (χ1) is 5.02. The Hall–Kier alpha value is 1.19. The zero-order valence-electron chi connectivity index (χ0n) is 6.76. The Kier molecular flexibility index (Phi) is 5.07. The average molecular weight is 392 g/mol. The van der Waals surface area contributed by atoms with Crippen LogP contribution in [0, 0.1) is 0 Å². The van der Waals surface area contributed by atoms with Gasteiger partial charge >= 0.3 is 0 Å². The first kappa shape index (κ1) is 13.2. The summed E-state index contributed by atoms with van der Waals surface area (Å²) in [4.78, 5) is 0. The topological polar surface area (TPSA) is 52.0 Å². The monoisotopic (exact) mass is 391 g/mol. The third-order valence-electron chi connectivity index (χ3n) is 2.46. The summed E-state index contributed by atoms with van der Waals surface area (Å²) in [5.41, 5.74) is 10.9. The number of alkyl halides is 2. The van der Waals surface area contributed by atoms with E-state index in [0.29, 0.717) is 6.54 Å². The smallest absolute Gasteiger partial charge is 0.137 e. The van der Waals surface area contributed by atoms with Gasteiger partial charge in [0.05, 0.1) is 5.54 Å². The fraction of sp³-hybridized carbons (Fsp3) is 1.00. The van der Waals surface area contributed by atoms with E-state index in [1.165, 1.54) is 0 Å². The molecule has 1 rings (SSSR count). The van der Waals surface area contributed by atoms with Gasteiger partial charge in [0, 0.05) is 27.6 Å². The molecule has 1 unspecified atom stereocenters. The predicted molar refractivity (Wildman–Crippen MR) is 48.9 cm³/mol.